The Balaban J connectivity index is -0.000000677. The molecule has 1 aliphatic rings. The van der Waals surface area contributed by atoms with Gasteiger partial charge in [-0.15, -0.1) is 0 Å². The molecule has 0 saturated carbocycles. The molecular formula is C30H42N7Na8O19P. The molecule has 1 unspecified atom stereocenters. The number of nitrogens with zero attached hydrogens (tertiary/aromatic N) is 4. The van der Waals surface area contributed by atoms with Crippen LogP contribution in [0.3, 0.4) is 0 Å². The van der Waals surface area contributed by atoms with E-state index in [1.807, 2.05) is 5.32 Å². The second-order valence-corrected chi connectivity index (χ2v) is 14.2. The molecule has 1 saturated heterocycles. The Morgan fingerprint density at radius 2 is 0.754 bits per heavy atom. The van der Waals surface area contributed by atoms with Gasteiger partial charge in [0.1, 0.15) is 0 Å². The number of aliphatic carboxylic acids is 7. The van der Waals surface area contributed by atoms with Crippen molar-refractivity contribution < 1.29 is 329 Å². The van der Waals surface area contributed by atoms with E-state index in [9.17, 15) is 88.4 Å². The maximum Gasteiger partial charge on any atom is 1.00 e. The van der Waals surface area contributed by atoms with Crippen LogP contribution in [0.15, 0.2) is 0 Å². The van der Waals surface area contributed by atoms with Gasteiger partial charge in [-0.3, -0.25) is 33.8 Å². The van der Waals surface area contributed by atoms with Crippen molar-refractivity contribution in [2.45, 2.75) is 50.2 Å². The molecule has 65 heavy (non-hydrogen) atoms. The number of hydrogen-bond acceptors (Lipinski definition) is 23. The second-order valence-electron chi connectivity index (χ2n) is 12.7. The number of carboxylic acid groups (broad SMARTS) is 7. The zero-order valence-corrected chi connectivity index (χ0v) is 55.3. The number of rotatable bonds is 25. The van der Waals surface area contributed by atoms with E-state index in [-0.39, 0.29) is 289 Å². The van der Waals surface area contributed by atoms with Gasteiger partial charge in [-0.05, 0) is 25.7 Å². The SMILES string of the molecule is O=C([O-])CC[C@H](NP(=O)([O-])OCC[C@H](NC(=O)CC[C@H](NC(=O)CN1CCN(CC(=O)[O-])CCN(CC(=O)[O-])CCN(CC(=O)[O-])CC1)C(=O)[O-])C(=O)[O-])C(=O)[O-].[Na+].[Na+].[Na+].[Na+].[Na+].[Na+].[Na+].[Na+]. The van der Waals surface area contributed by atoms with E-state index in [4.69, 9.17) is 0 Å². The monoisotopic (exact) mass is 1020 g/mol. The summed E-state index contributed by atoms with van der Waals surface area (Å²) in [7, 11) is -5.24. The van der Waals surface area contributed by atoms with Crippen LogP contribution >= 0.6 is 7.75 Å². The summed E-state index contributed by atoms with van der Waals surface area (Å²) < 4.78 is 16.6. The Morgan fingerprint density at radius 3 is 1.08 bits per heavy atom. The number of amides is 2. The first kappa shape index (κ1) is 85.0. The van der Waals surface area contributed by atoms with Crippen molar-refractivity contribution in [3.05, 3.63) is 0 Å². The molecule has 1 fully saturated rings. The van der Waals surface area contributed by atoms with Gasteiger partial charge in [0.25, 0.3) is 0 Å². The summed E-state index contributed by atoms with van der Waals surface area (Å²) in [5.74, 6) is -13.8. The molecule has 1 aliphatic heterocycles. The zero-order chi connectivity index (χ0) is 43.3. The van der Waals surface area contributed by atoms with E-state index in [0.717, 1.165) is 0 Å². The molecule has 1 rings (SSSR count). The number of nitrogens with one attached hydrogen (secondary N) is 3. The van der Waals surface area contributed by atoms with Gasteiger partial charge in [0.15, 0.2) is 0 Å². The molecule has 0 aromatic rings. The van der Waals surface area contributed by atoms with E-state index in [0.29, 0.717) is 0 Å². The molecule has 1 heterocycles. The fourth-order valence-electron chi connectivity index (χ4n) is 5.26. The van der Waals surface area contributed by atoms with E-state index >= 15 is 0 Å². The molecule has 4 atom stereocenters. The van der Waals surface area contributed by atoms with Gasteiger partial charge < -0.3 is 89.4 Å². The maximum atomic E-state index is 13.0. The van der Waals surface area contributed by atoms with Gasteiger partial charge in [-0.1, -0.05) is 0 Å². The molecule has 3 N–H and O–H groups in total. The van der Waals surface area contributed by atoms with Crippen LogP contribution in [0.5, 0.6) is 0 Å². The van der Waals surface area contributed by atoms with Crippen molar-refractivity contribution in [1.82, 2.24) is 35.3 Å². The molecule has 0 bridgehead atoms. The van der Waals surface area contributed by atoms with Crippen LogP contribution in [0.4, 0.5) is 0 Å². The van der Waals surface area contributed by atoms with Crippen LogP contribution in [0.25, 0.3) is 0 Å². The van der Waals surface area contributed by atoms with E-state index in [1.165, 1.54) is 24.7 Å². The largest absolute Gasteiger partial charge is 1.00 e. The fourth-order valence-corrected chi connectivity index (χ4v) is 6.29. The molecule has 0 radical (unpaired) electrons. The number of carbonyl (C=O) groups excluding carboxylic acids is 9. The Kier molecular flexibility index (Phi) is 61.3. The summed E-state index contributed by atoms with van der Waals surface area (Å²) in [4.78, 5) is 122. The van der Waals surface area contributed by atoms with Crippen molar-refractivity contribution in [2.24, 2.45) is 0 Å². The third kappa shape index (κ3) is 43.3. The third-order valence-corrected chi connectivity index (χ3v) is 9.31. The van der Waals surface area contributed by atoms with Crippen molar-refractivity contribution in [1.29, 1.82) is 0 Å². The van der Waals surface area contributed by atoms with Gasteiger partial charge in [0.2, 0.25) is 19.6 Å². The smallest absolute Gasteiger partial charge is 0.766 e. The van der Waals surface area contributed by atoms with E-state index in [2.05, 4.69) is 9.84 Å². The summed E-state index contributed by atoms with van der Waals surface area (Å²) in [6.45, 7) is -3.05. The first-order chi connectivity index (χ1) is 26.6. The van der Waals surface area contributed by atoms with Gasteiger partial charge in [-0.25, -0.2) is 5.09 Å². The minimum Gasteiger partial charge on any atom is -0.766 e. The summed E-state index contributed by atoms with van der Waals surface area (Å²) in [6, 6.07) is -5.76. The molecule has 35 heteroatoms. The van der Waals surface area contributed by atoms with Gasteiger partial charge in [0, 0.05) is 84.4 Å². The van der Waals surface area contributed by atoms with Crippen molar-refractivity contribution in [3.63, 3.8) is 0 Å². The molecule has 26 nitrogen and oxygen atoms in total. The average molecular weight is 1020 g/mol. The normalized spacial score (nSPS) is 15.8. The van der Waals surface area contributed by atoms with Crippen LogP contribution in [-0.2, 0) is 52.2 Å². The summed E-state index contributed by atoms with van der Waals surface area (Å²) >= 11 is 0. The van der Waals surface area contributed by atoms with Crippen molar-refractivity contribution >= 4 is 61.3 Å². The van der Waals surface area contributed by atoms with E-state index in [1.54, 1.807) is 0 Å². The van der Waals surface area contributed by atoms with Crippen LogP contribution in [0, 0.1) is 0 Å². The van der Waals surface area contributed by atoms with Crippen LogP contribution in [0.1, 0.15) is 32.1 Å². The predicted molar refractivity (Wildman–Crippen MR) is 168 cm³/mol. The number of carboxylic acids is 7. The van der Waals surface area contributed by atoms with E-state index < -0.39 is 144 Å². The van der Waals surface area contributed by atoms with Gasteiger partial charge >= 0.3 is 236 Å². The second kappa shape index (κ2) is 46.9. The molecular weight excluding hydrogens is 977 g/mol. The zero-order valence-electron chi connectivity index (χ0n) is 38.5. The quantitative estimate of drug-likeness (QED) is 0.0564. The molecule has 2 amide bonds. The molecule has 0 aromatic carbocycles. The first-order valence-electron chi connectivity index (χ1n) is 17.2. The number of carbonyl (C=O) groups is 9. The molecule has 0 spiro atoms. The first-order valence-corrected chi connectivity index (χ1v) is 18.7. The third-order valence-electron chi connectivity index (χ3n) is 8.16. The standard InChI is InChI=1S/C30H50N7O19P.8Na/c38-22(31-20(29(50)51)5-14-56-57(54,55)33-21(30(52)53)2-4-24(40)41)3-1-19(28(48)49)32-23(39)15-34-6-8-35(16-25(42)43)10-12-37(18-27(46)47)13-11-36(9-7-34)17-26(44)45;;;;;;;;/h19-21H,1-18H2,(H,31,38)(H,32,39)(H,40,41)(H,42,43)(H,44,45)(H,46,47)(H,48,49)(H,50,51)(H,52,53)(H2,33,54,55);;;;;;;;/q;8*+1/p-8/t19-,20-,21-;;;;;;;;/m0......../s1. The number of hydrogen-bond donors (Lipinski definition) is 3. The maximum absolute atomic E-state index is 13.0. The van der Waals surface area contributed by atoms with Crippen LogP contribution in [-0.4, -0.2) is 176 Å². The Hall–Kier alpha value is 3.18. The molecule has 0 aliphatic carbocycles. The fraction of sp³-hybridized carbons (Fsp3) is 0.700. The Labute approximate surface area is 552 Å². The Bertz CT molecular complexity index is 1490. The van der Waals surface area contributed by atoms with Crippen LogP contribution < -0.4 is 293 Å². The molecule has 324 valence electrons. The van der Waals surface area contributed by atoms with Crippen molar-refractivity contribution in [2.75, 3.05) is 85.1 Å². The van der Waals surface area contributed by atoms with Crippen molar-refractivity contribution in [3.8, 4) is 0 Å². The summed E-state index contributed by atoms with van der Waals surface area (Å²) in [5.41, 5.74) is 0. The van der Waals surface area contributed by atoms with Crippen LogP contribution in [0.2, 0.25) is 0 Å². The average Bonchev–Trinajstić information content (AvgIpc) is 3.07. The predicted octanol–water partition coefficient (Wildman–Crippen LogP) is -38.1. The Morgan fingerprint density at radius 1 is 0.446 bits per heavy atom. The molecule has 0 aromatic heterocycles. The summed E-state index contributed by atoms with van der Waals surface area (Å²) in [5, 5.41) is 84.6. The minimum absolute atomic E-state index is 0. The topological polar surface area (TPSA) is 413 Å². The van der Waals surface area contributed by atoms with Gasteiger partial charge in [-0.2, -0.15) is 0 Å². The summed E-state index contributed by atoms with van der Waals surface area (Å²) in [6.07, 6.45) is -3.77. The minimum atomic E-state index is -5.24. The van der Waals surface area contributed by atoms with Gasteiger partial charge in [0.05, 0.1) is 67.1 Å².